The maximum Gasteiger partial charge on any atom is 0.194 e. The summed E-state index contributed by atoms with van der Waals surface area (Å²) in [4.78, 5) is 3.99. The van der Waals surface area contributed by atoms with Crippen molar-refractivity contribution in [1.82, 2.24) is 9.38 Å². The van der Waals surface area contributed by atoms with Crippen molar-refractivity contribution in [1.29, 1.82) is 0 Å². The largest absolute Gasteiger partial charge is 0.291 e. The Hall–Kier alpha value is -1.30. The molecule has 0 bridgehead atoms. The van der Waals surface area contributed by atoms with Gasteiger partial charge in [-0.2, -0.15) is 0 Å². The summed E-state index contributed by atoms with van der Waals surface area (Å²) in [5.41, 5.74) is 0.602. The van der Waals surface area contributed by atoms with Crippen LogP contribution in [0.3, 0.4) is 0 Å². The van der Waals surface area contributed by atoms with Gasteiger partial charge in [0.1, 0.15) is 13.5 Å². The Bertz CT molecular complexity index is 604. The van der Waals surface area contributed by atoms with Crippen molar-refractivity contribution in [2.24, 2.45) is 0 Å². The van der Waals surface area contributed by atoms with E-state index in [0.717, 1.165) is 0 Å². The Morgan fingerprint density at radius 3 is 2.87 bits per heavy atom. The Balaban J connectivity index is 2.87. The van der Waals surface area contributed by atoms with Crippen LogP contribution >= 0.6 is 0 Å². The molecular weight excluding hydrogens is 211 g/mol. The van der Waals surface area contributed by atoms with Gasteiger partial charge < -0.3 is 0 Å². The van der Waals surface area contributed by atoms with E-state index in [1.54, 1.807) is 31.3 Å². The first kappa shape index (κ1) is 10.2. The molecule has 0 aliphatic carbocycles. The average molecular weight is 220 g/mol. The fraction of sp³-hybridized carbons (Fsp3) is 0.222. The van der Waals surface area contributed by atoms with Crippen LogP contribution in [0.5, 0.6) is 0 Å². The van der Waals surface area contributed by atoms with Gasteiger partial charge in [-0.25, -0.2) is 13.4 Å². The van der Waals surface area contributed by atoms with Crippen molar-refractivity contribution in [3.8, 4) is 0 Å². The van der Waals surface area contributed by atoms with Crippen molar-refractivity contribution in [2.45, 2.75) is 11.9 Å². The van der Waals surface area contributed by atoms with Gasteiger partial charge in [0.2, 0.25) is 0 Å². The predicted octanol–water partition coefficient (Wildman–Crippen LogP) is -0.0783. The first-order valence-corrected chi connectivity index (χ1v) is 6.17. The number of sulfone groups is 1. The summed E-state index contributed by atoms with van der Waals surface area (Å²) in [6.07, 6.45) is 1.64. The van der Waals surface area contributed by atoms with E-state index in [1.807, 2.05) is 0 Å². The Morgan fingerprint density at radius 1 is 1.47 bits per heavy atom. The predicted molar refractivity (Wildman–Crippen MR) is 58.3 cm³/mol. The van der Waals surface area contributed by atoms with Gasteiger partial charge in [-0.1, -0.05) is 13.0 Å². The van der Waals surface area contributed by atoms with Crippen molar-refractivity contribution >= 4 is 28.9 Å². The number of nitrogens with zero attached hydrogens (tertiary/aromatic N) is 2. The van der Waals surface area contributed by atoms with E-state index in [0.29, 0.717) is 5.65 Å². The summed E-state index contributed by atoms with van der Waals surface area (Å²) in [7, 11) is 2.27. The number of hydrogen-bond donors (Lipinski definition) is 0. The zero-order chi connectivity index (χ0) is 11.1. The summed E-state index contributed by atoms with van der Waals surface area (Å²) >= 11 is 0. The van der Waals surface area contributed by atoms with Crippen LogP contribution in [-0.4, -0.2) is 31.4 Å². The molecule has 4 nitrogen and oxygen atoms in total. The van der Waals surface area contributed by atoms with Crippen molar-refractivity contribution in [3.63, 3.8) is 0 Å². The van der Waals surface area contributed by atoms with Gasteiger partial charge in [0.15, 0.2) is 14.9 Å². The van der Waals surface area contributed by atoms with Crippen LogP contribution in [0.15, 0.2) is 29.4 Å². The molecule has 2 aromatic rings. The van der Waals surface area contributed by atoms with Gasteiger partial charge in [0, 0.05) is 11.8 Å². The summed E-state index contributed by atoms with van der Waals surface area (Å²) in [5, 5.41) is 0.0839. The fourth-order valence-corrected chi connectivity index (χ4v) is 2.53. The first-order valence-electron chi connectivity index (χ1n) is 4.51. The quantitative estimate of drug-likeness (QED) is 0.665. The lowest BCUT2D eigenvalue weighted by molar-refractivity contribution is 0.593. The second-order valence-electron chi connectivity index (χ2n) is 3.13. The lowest BCUT2D eigenvalue weighted by Gasteiger charge is -2.02. The van der Waals surface area contributed by atoms with Crippen LogP contribution in [0, 0.1) is 0 Å². The maximum atomic E-state index is 11.8. The zero-order valence-corrected chi connectivity index (χ0v) is 9.03. The van der Waals surface area contributed by atoms with Gasteiger partial charge in [0.05, 0.1) is 5.75 Å². The molecule has 0 saturated carbocycles. The average Bonchev–Trinajstić information content (AvgIpc) is 2.54. The van der Waals surface area contributed by atoms with Crippen LogP contribution in [0.1, 0.15) is 6.92 Å². The highest BCUT2D eigenvalue weighted by molar-refractivity contribution is 7.91. The van der Waals surface area contributed by atoms with E-state index in [9.17, 15) is 8.42 Å². The highest BCUT2D eigenvalue weighted by Crippen LogP contribution is 2.10. The normalized spacial score (nSPS) is 12.1. The van der Waals surface area contributed by atoms with E-state index in [4.69, 9.17) is 7.85 Å². The van der Waals surface area contributed by atoms with Crippen molar-refractivity contribution in [2.75, 3.05) is 5.75 Å². The van der Waals surface area contributed by atoms with Gasteiger partial charge >= 0.3 is 0 Å². The van der Waals surface area contributed by atoms with Crippen LogP contribution in [0.2, 0.25) is 0 Å². The van der Waals surface area contributed by atoms with E-state index in [1.165, 1.54) is 4.40 Å². The molecule has 2 radical (unpaired) electrons. The summed E-state index contributed by atoms with van der Waals surface area (Å²) in [6, 6.07) is 5.23. The van der Waals surface area contributed by atoms with Crippen LogP contribution in [-0.2, 0) is 9.84 Å². The third-order valence-corrected chi connectivity index (χ3v) is 3.94. The minimum absolute atomic E-state index is 0.0138. The SMILES string of the molecule is [B]c1nc2ccccn2c1S(=O)(=O)CC. The molecule has 0 unspecified atom stereocenters. The monoisotopic (exact) mass is 220 g/mol. The topological polar surface area (TPSA) is 51.4 Å². The molecule has 2 heterocycles. The van der Waals surface area contributed by atoms with Crippen LogP contribution in [0.25, 0.3) is 5.65 Å². The number of imidazole rings is 1. The molecule has 0 N–H and O–H groups in total. The number of aromatic nitrogens is 2. The molecule has 0 aliphatic heterocycles. The molecule has 6 heteroatoms. The summed E-state index contributed by atoms with van der Waals surface area (Å²) in [6.45, 7) is 1.58. The molecular formula is C9H9BN2O2S. The highest BCUT2D eigenvalue weighted by atomic mass is 32.2. The third-order valence-electron chi connectivity index (χ3n) is 2.19. The molecule has 0 aliphatic rings. The van der Waals surface area contributed by atoms with E-state index < -0.39 is 9.84 Å². The Morgan fingerprint density at radius 2 is 2.20 bits per heavy atom. The standard InChI is InChI=1S/C9H9BN2O2S/c1-2-15(13,14)9-8(10)11-7-5-3-4-6-12(7)9/h3-6H,2H2,1H3. The molecule has 2 aromatic heterocycles. The number of fused-ring (bicyclic) bond motifs is 1. The molecule has 0 saturated heterocycles. The summed E-state index contributed by atoms with van der Waals surface area (Å²) in [5.74, 6) is 0.0138. The zero-order valence-electron chi connectivity index (χ0n) is 8.21. The van der Waals surface area contributed by atoms with Gasteiger partial charge in [-0.05, 0) is 12.1 Å². The van der Waals surface area contributed by atoms with Gasteiger partial charge in [0.25, 0.3) is 0 Å². The van der Waals surface area contributed by atoms with E-state index in [2.05, 4.69) is 4.98 Å². The lowest BCUT2D eigenvalue weighted by Crippen LogP contribution is -2.18. The van der Waals surface area contributed by atoms with Crippen LogP contribution in [0.4, 0.5) is 0 Å². The maximum absolute atomic E-state index is 11.8. The first-order chi connectivity index (χ1) is 7.06. The number of hydrogen-bond acceptors (Lipinski definition) is 3. The minimum Gasteiger partial charge on any atom is -0.291 e. The van der Waals surface area contributed by atoms with Crippen molar-refractivity contribution in [3.05, 3.63) is 24.4 Å². The smallest absolute Gasteiger partial charge is 0.194 e. The van der Waals surface area contributed by atoms with Gasteiger partial charge in [-0.3, -0.25) is 4.40 Å². The Kier molecular flexibility index (Phi) is 2.30. The number of rotatable bonds is 2. The third kappa shape index (κ3) is 1.54. The minimum atomic E-state index is -3.34. The molecule has 0 aromatic carbocycles. The van der Waals surface area contributed by atoms with Gasteiger partial charge in [-0.15, -0.1) is 0 Å². The molecule has 76 valence electrons. The van der Waals surface area contributed by atoms with Crippen molar-refractivity contribution < 1.29 is 8.42 Å². The summed E-state index contributed by atoms with van der Waals surface area (Å²) < 4.78 is 25.0. The lowest BCUT2D eigenvalue weighted by atomic mass is 10.1. The molecule has 0 spiro atoms. The molecule has 2 rings (SSSR count). The van der Waals surface area contributed by atoms with E-state index in [-0.39, 0.29) is 16.4 Å². The Labute approximate surface area is 89.3 Å². The van der Waals surface area contributed by atoms with E-state index >= 15 is 0 Å². The molecule has 0 atom stereocenters. The molecule has 0 amide bonds. The second-order valence-corrected chi connectivity index (χ2v) is 5.33. The van der Waals surface area contributed by atoms with Crippen LogP contribution < -0.4 is 5.59 Å². The highest BCUT2D eigenvalue weighted by Gasteiger charge is 2.19. The molecule has 0 fully saturated rings. The molecule has 15 heavy (non-hydrogen) atoms. The second kappa shape index (κ2) is 3.38. The fourth-order valence-electron chi connectivity index (χ4n) is 1.44. The number of pyridine rings is 1.